The summed E-state index contributed by atoms with van der Waals surface area (Å²) in [5.74, 6) is 0.566. The van der Waals surface area contributed by atoms with E-state index in [1.807, 2.05) is 25.2 Å². The van der Waals surface area contributed by atoms with Gasteiger partial charge in [-0.2, -0.15) is 0 Å². The molecule has 4 nitrogen and oxygen atoms in total. The van der Waals surface area contributed by atoms with Gasteiger partial charge in [0.15, 0.2) is 0 Å². The van der Waals surface area contributed by atoms with Crippen molar-refractivity contribution in [2.75, 3.05) is 27.3 Å². The van der Waals surface area contributed by atoms with Crippen molar-refractivity contribution in [3.8, 4) is 5.75 Å². The summed E-state index contributed by atoms with van der Waals surface area (Å²) >= 11 is 0. The Balaban J connectivity index is 2.60. The molecule has 1 rings (SSSR count). The predicted molar refractivity (Wildman–Crippen MR) is 84.6 cm³/mol. The second-order valence-corrected chi connectivity index (χ2v) is 5.10. The summed E-state index contributed by atoms with van der Waals surface area (Å²) in [6.07, 6.45) is 0.844. The van der Waals surface area contributed by atoms with Crippen LogP contribution in [-0.2, 0) is 16.0 Å². The van der Waals surface area contributed by atoms with Gasteiger partial charge in [0.25, 0.3) is 0 Å². The predicted octanol–water partition coefficient (Wildman–Crippen LogP) is 2.68. The Bertz CT molecular complexity index is 485. The number of para-hydroxylation sites is 1. The SMILES string of the molecule is C=C(CN(C)C(C)Cc1ccccc1OC)C(=O)OCC. The van der Waals surface area contributed by atoms with Crippen molar-refractivity contribution in [3.05, 3.63) is 42.0 Å². The van der Waals surface area contributed by atoms with Crippen molar-refractivity contribution in [1.82, 2.24) is 4.90 Å². The Kier molecular flexibility index (Phi) is 6.96. The molecule has 0 saturated heterocycles. The molecule has 0 aliphatic carbocycles. The molecule has 0 aliphatic heterocycles. The summed E-state index contributed by atoms with van der Waals surface area (Å²) in [6, 6.07) is 8.23. The number of esters is 1. The summed E-state index contributed by atoms with van der Waals surface area (Å²) in [5.41, 5.74) is 1.63. The molecule has 0 aliphatic rings. The van der Waals surface area contributed by atoms with Crippen LogP contribution in [0.15, 0.2) is 36.4 Å². The lowest BCUT2D eigenvalue weighted by Gasteiger charge is -2.25. The van der Waals surface area contributed by atoms with Gasteiger partial charge in [-0.1, -0.05) is 24.8 Å². The molecule has 0 heterocycles. The maximum atomic E-state index is 11.6. The number of likely N-dealkylation sites (N-methyl/N-ethyl adjacent to an activating group) is 1. The maximum Gasteiger partial charge on any atom is 0.334 e. The smallest absolute Gasteiger partial charge is 0.334 e. The topological polar surface area (TPSA) is 38.8 Å². The molecule has 21 heavy (non-hydrogen) atoms. The zero-order valence-electron chi connectivity index (χ0n) is 13.4. The molecule has 1 aromatic rings. The summed E-state index contributed by atoms with van der Waals surface area (Å²) in [4.78, 5) is 13.7. The number of rotatable bonds is 8. The molecule has 4 heteroatoms. The lowest BCUT2D eigenvalue weighted by Crippen LogP contribution is -2.34. The van der Waals surface area contributed by atoms with Crippen molar-refractivity contribution >= 4 is 5.97 Å². The van der Waals surface area contributed by atoms with Gasteiger partial charge in [0.05, 0.1) is 13.7 Å². The van der Waals surface area contributed by atoms with E-state index < -0.39 is 0 Å². The highest BCUT2D eigenvalue weighted by molar-refractivity contribution is 5.88. The van der Waals surface area contributed by atoms with Gasteiger partial charge in [-0.15, -0.1) is 0 Å². The van der Waals surface area contributed by atoms with Gasteiger partial charge in [0.2, 0.25) is 0 Å². The molecular formula is C17H25NO3. The van der Waals surface area contributed by atoms with E-state index in [0.29, 0.717) is 18.7 Å². The highest BCUT2D eigenvalue weighted by Gasteiger charge is 2.16. The lowest BCUT2D eigenvalue weighted by molar-refractivity contribution is -0.138. The fourth-order valence-electron chi connectivity index (χ4n) is 2.10. The minimum Gasteiger partial charge on any atom is -0.496 e. The van der Waals surface area contributed by atoms with Crippen LogP contribution in [0, 0.1) is 0 Å². The number of methoxy groups -OCH3 is 1. The van der Waals surface area contributed by atoms with E-state index in [2.05, 4.69) is 24.5 Å². The van der Waals surface area contributed by atoms with Crippen LogP contribution in [0.1, 0.15) is 19.4 Å². The standard InChI is InChI=1S/C17H25NO3/c1-6-21-17(19)13(2)12-18(4)14(3)11-15-9-7-8-10-16(15)20-5/h7-10,14H,2,6,11-12H2,1,3-5H3. The molecule has 0 spiro atoms. The normalized spacial score (nSPS) is 12.0. The van der Waals surface area contributed by atoms with Gasteiger partial charge in [-0.3, -0.25) is 4.90 Å². The fourth-order valence-corrected chi connectivity index (χ4v) is 2.10. The Morgan fingerprint density at radius 1 is 1.38 bits per heavy atom. The zero-order valence-corrected chi connectivity index (χ0v) is 13.4. The van der Waals surface area contributed by atoms with E-state index in [9.17, 15) is 4.79 Å². The van der Waals surface area contributed by atoms with Crippen molar-refractivity contribution in [2.45, 2.75) is 26.3 Å². The Hall–Kier alpha value is -1.81. The van der Waals surface area contributed by atoms with E-state index >= 15 is 0 Å². The molecule has 0 bridgehead atoms. The van der Waals surface area contributed by atoms with Gasteiger partial charge in [0, 0.05) is 18.2 Å². The average molecular weight is 291 g/mol. The third-order valence-corrected chi connectivity index (χ3v) is 3.46. The zero-order chi connectivity index (χ0) is 15.8. The van der Waals surface area contributed by atoms with E-state index in [1.54, 1.807) is 14.0 Å². The molecule has 0 N–H and O–H groups in total. The molecular weight excluding hydrogens is 266 g/mol. The van der Waals surface area contributed by atoms with Gasteiger partial charge in [-0.05, 0) is 38.9 Å². The van der Waals surface area contributed by atoms with Crippen LogP contribution < -0.4 is 4.74 Å². The van der Waals surface area contributed by atoms with Crippen LogP contribution in [0.4, 0.5) is 0 Å². The molecule has 116 valence electrons. The largest absolute Gasteiger partial charge is 0.496 e. The Morgan fingerprint density at radius 2 is 2.05 bits per heavy atom. The summed E-state index contributed by atoms with van der Waals surface area (Å²) in [6.45, 7) is 8.57. The first kappa shape index (κ1) is 17.2. The van der Waals surface area contributed by atoms with Gasteiger partial charge in [0.1, 0.15) is 5.75 Å². The number of ether oxygens (including phenoxy) is 2. The first-order valence-corrected chi connectivity index (χ1v) is 7.16. The van der Waals surface area contributed by atoms with Crippen LogP contribution >= 0.6 is 0 Å². The highest BCUT2D eigenvalue weighted by Crippen LogP contribution is 2.20. The maximum absolute atomic E-state index is 11.6. The Morgan fingerprint density at radius 3 is 2.67 bits per heavy atom. The number of hydrogen-bond donors (Lipinski definition) is 0. The molecule has 0 radical (unpaired) electrons. The third-order valence-electron chi connectivity index (χ3n) is 3.46. The van der Waals surface area contributed by atoms with Crippen LogP contribution in [0.3, 0.4) is 0 Å². The van der Waals surface area contributed by atoms with E-state index in [4.69, 9.17) is 9.47 Å². The minimum atomic E-state index is -0.325. The van der Waals surface area contributed by atoms with E-state index in [0.717, 1.165) is 17.7 Å². The van der Waals surface area contributed by atoms with E-state index in [-0.39, 0.29) is 12.0 Å². The number of carbonyl (C=O) groups excluding carboxylic acids is 1. The molecule has 0 fully saturated rings. The van der Waals surface area contributed by atoms with Gasteiger partial charge in [-0.25, -0.2) is 4.79 Å². The average Bonchev–Trinajstić information content (AvgIpc) is 2.47. The van der Waals surface area contributed by atoms with Crippen molar-refractivity contribution in [2.24, 2.45) is 0 Å². The molecule has 0 aromatic heterocycles. The second kappa shape index (κ2) is 8.47. The first-order valence-electron chi connectivity index (χ1n) is 7.16. The second-order valence-electron chi connectivity index (χ2n) is 5.10. The van der Waals surface area contributed by atoms with E-state index in [1.165, 1.54) is 0 Å². The number of benzene rings is 1. The van der Waals surface area contributed by atoms with Crippen LogP contribution in [0.25, 0.3) is 0 Å². The number of carbonyl (C=O) groups is 1. The Labute approximate surface area is 127 Å². The molecule has 1 unspecified atom stereocenters. The fraction of sp³-hybridized carbons (Fsp3) is 0.471. The number of hydrogen-bond acceptors (Lipinski definition) is 4. The van der Waals surface area contributed by atoms with Gasteiger partial charge >= 0.3 is 5.97 Å². The highest BCUT2D eigenvalue weighted by atomic mass is 16.5. The monoisotopic (exact) mass is 291 g/mol. The quantitative estimate of drug-likeness (QED) is 0.545. The summed E-state index contributed by atoms with van der Waals surface area (Å²) in [7, 11) is 3.65. The van der Waals surface area contributed by atoms with Crippen LogP contribution in [0.2, 0.25) is 0 Å². The lowest BCUT2D eigenvalue weighted by atomic mass is 10.0. The first-order chi connectivity index (χ1) is 9.99. The molecule has 0 amide bonds. The molecule has 0 saturated carbocycles. The summed E-state index contributed by atoms with van der Waals surface area (Å²) in [5, 5.41) is 0. The van der Waals surface area contributed by atoms with Crippen LogP contribution in [-0.4, -0.2) is 44.2 Å². The van der Waals surface area contributed by atoms with Crippen molar-refractivity contribution in [3.63, 3.8) is 0 Å². The summed E-state index contributed by atoms with van der Waals surface area (Å²) < 4.78 is 10.3. The number of nitrogens with zero attached hydrogens (tertiary/aromatic N) is 1. The minimum absolute atomic E-state index is 0.257. The van der Waals surface area contributed by atoms with Crippen molar-refractivity contribution in [1.29, 1.82) is 0 Å². The molecule has 1 atom stereocenters. The van der Waals surface area contributed by atoms with Gasteiger partial charge < -0.3 is 9.47 Å². The molecule has 1 aromatic carbocycles. The third kappa shape index (κ3) is 5.23. The van der Waals surface area contributed by atoms with Crippen molar-refractivity contribution < 1.29 is 14.3 Å². The van der Waals surface area contributed by atoms with Crippen LogP contribution in [0.5, 0.6) is 5.75 Å².